The molecule has 0 N–H and O–H groups in total. The maximum absolute atomic E-state index is 13.6. The largest absolute Gasteiger partial charge is 0.416 e. The van der Waals surface area contributed by atoms with E-state index in [1.807, 2.05) is 0 Å². The van der Waals surface area contributed by atoms with Crippen molar-refractivity contribution in [1.82, 2.24) is 9.78 Å². The first kappa shape index (κ1) is 14.7. The molecule has 0 fully saturated rings. The van der Waals surface area contributed by atoms with Crippen molar-refractivity contribution in [1.29, 1.82) is 0 Å². The standard InChI is InChI=1S/C12H7BrF4N2O/c1-19-10(8(13)5-18-19)11(20)7-4-6(12(15,16)17)2-3-9(7)14/h2-5H,1H3. The monoisotopic (exact) mass is 350 g/mol. The second kappa shape index (κ2) is 5.01. The number of hydrogen-bond acceptors (Lipinski definition) is 2. The number of halogens is 5. The molecular weight excluding hydrogens is 344 g/mol. The van der Waals surface area contributed by atoms with Crippen LogP contribution in [0.1, 0.15) is 21.6 Å². The van der Waals surface area contributed by atoms with Gasteiger partial charge < -0.3 is 0 Å². The second-order valence-corrected chi connectivity index (χ2v) is 4.84. The van der Waals surface area contributed by atoms with Crippen LogP contribution in [0.5, 0.6) is 0 Å². The highest BCUT2D eigenvalue weighted by molar-refractivity contribution is 9.10. The Morgan fingerprint density at radius 3 is 2.50 bits per heavy atom. The number of hydrogen-bond donors (Lipinski definition) is 0. The molecule has 0 bridgehead atoms. The van der Waals surface area contributed by atoms with Gasteiger partial charge in [-0.3, -0.25) is 9.48 Å². The van der Waals surface area contributed by atoms with Crippen LogP contribution in [0.15, 0.2) is 28.9 Å². The third-order valence-corrected chi connectivity index (χ3v) is 3.23. The van der Waals surface area contributed by atoms with Gasteiger partial charge in [0.15, 0.2) is 0 Å². The first-order valence-corrected chi connectivity index (χ1v) is 6.10. The summed E-state index contributed by atoms with van der Waals surface area (Å²) >= 11 is 3.05. The molecule has 0 amide bonds. The maximum Gasteiger partial charge on any atom is 0.416 e. The molecule has 20 heavy (non-hydrogen) atoms. The van der Waals surface area contributed by atoms with E-state index in [9.17, 15) is 22.4 Å². The van der Waals surface area contributed by atoms with Crippen LogP contribution in [0.2, 0.25) is 0 Å². The van der Waals surface area contributed by atoms with Crippen molar-refractivity contribution in [3.63, 3.8) is 0 Å². The first-order chi connectivity index (χ1) is 9.21. The number of aryl methyl sites for hydroxylation is 1. The Morgan fingerprint density at radius 2 is 2.00 bits per heavy atom. The SMILES string of the molecule is Cn1ncc(Br)c1C(=O)c1cc(C(F)(F)F)ccc1F. The van der Waals surface area contributed by atoms with Crippen LogP contribution >= 0.6 is 15.9 Å². The predicted octanol–water partition coefficient (Wildman–Crippen LogP) is 3.57. The molecule has 0 aliphatic carbocycles. The molecule has 0 saturated heterocycles. The predicted molar refractivity (Wildman–Crippen MR) is 65.7 cm³/mol. The van der Waals surface area contributed by atoms with Gasteiger partial charge >= 0.3 is 6.18 Å². The molecule has 0 spiro atoms. The summed E-state index contributed by atoms with van der Waals surface area (Å²) in [5, 5.41) is 3.77. The lowest BCUT2D eigenvalue weighted by Crippen LogP contribution is -2.13. The van der Waals surface area contributed by atoms with Crippen LogP contribution in [0.3, 0.4) is 0 Å². The lowest BCUT2D eigenvalue weighted by molar-refractivity contribution is -0.137. The molecule has 2 rings (SSSR count). The lowest BCUT2D eigenvalue weighted by atomic mass is 10.0. The Bertz CT molecular complexity index is 659. The molecule has 106 valence electrons. The number of alkyl halides is 3. The zero-order valence-electron chi connectivity index (χ0n) is 10.0. The Hall–Kier alpha value is -1.70. The van der Waals surface area contributed by atoms with Gasteiger partial charge in [0.05, 0.1) is 21.8 Å². The topological polar surface area (TPSA) is 34.9 Å². The Labute approximate surface area is 119 Å². The molecule has 1 aromatic heterocycles. The van der Waals surface area contributed by atoms with Crippen LogP contribution in [-0.2, 0) is 13.2 Å². The molecule has 8 heteroatoms. The third-order valence-electron chi connectivity index (χ3n) is 2.65. The molecule has 0 saturated carbocycles. The van der Waals surface area contributed by atoms with Gasteiger partial charge in [0.2, 0.25) is 5.78 Å². The average Bonchev–Trinajstić information content (AvgIpc) is 2.67. The van der Waals surface area contributed by atoms with E-state index in [0.29, 0.717) is 18.2 Å². The van der Waals surface area contributed by atoms with Gasteiger partial charge in [-0.25, -0.2) is 4.39 Å². The molecule has 0 radical (unpaired) electrons. The summed E-state index contributed by atoms with van der Waals surface area (Å²) < 4.78 is 52.9. The van der Waals surface area contributed by atoms with E-state index in [-0.39, 0.29) is 10.2 Å². The summed E-state index contributed by atoms with van der Waals surface area (Å²) in [6, 6.07) is 1.71. The highest BCUT2D eigenvalue weighted by atomic mass is 79.9. The highest BCUT2D eigenvalue weighted by Crippen LogP contribution is 2.31. The number of benzene rings is 1. The van der Waals surface area contributed by atoms with Crippen molar-refractivity contribution in [2.75, 3.05) is 0 Å². The second-order valence-electron chi connectivity index (χ2n) is 3.99. The summed E-state index contributed by atoms with van der Waals surface area (Å²) in [4.78, 5) is 12.2. The average molecular weight is 351 g/mol. The Morgan fingerprint density at radius 1 is 1.35 bits per heavy atom. The molecule has 3 nitrogen and oxygen atoms in total. The fourth-order valence-corrected chi connectivity index (χ4v) is 2.20. The van der Waals surface area contributed by atoms with Crippen molar-refractivity contribution in [2.45, 2.75) is 6.18 Å². The number of nitrogens with zero attached hydrogens (tertiary/aromatic N) is 2. The summed E-state index contributed by atoms with van der Waals surface area (Å²) in [6.45, 7) is 0. The molecular formula is C12H7BrF4N2O. The van der Waals surface area contributed by atoms with E-state index >= 15 is 0 Å². The molecule has 2 aromatic rings. The number of rotatable bonds is 2. The zero-order chi connectivity index (χ0) is 15.1. The Kier molecular flexibility index (Phi) is 3.68. The van der Waals surface area contributed by atoms with Crippen molar-refractivity contribution in [2.24, 2.45) is 7.05 Å². The van der Waals surface area contributed by atoms with E-state index < -0.39 is 28.9 Å². The number of carbonyl (C=O) groups is 1. The number of carbonyl (C=O) groups excluding carboxylic acids is 1. The number of ketones is 1. The molecule has 0 aliphatic rings. The van der Waals surface area contributed by atoms with Gasteiger partial charge in [-0.15, -0.1) is 0 Å². The third kappa shape index (κ3) is 2.60. The normalized spacial score (nSPS) is 11.7. The van der Waals surface area contributed by atoms with E-state index in [0.717, 1.165) is 4.68 Å². The number of aromatic nitrogens is 2. The minimum absolute atomic E-state index is 0.0248. The summed E-state index contributed by atoms with van der Waals surface area (Å²) in [5.41, 5.74) is -1.76. The minimum Gasteiger partial charge on any atom is -0.287 e. The van der Waals surface area contributed by atoms with Crippen LogP contribution in [-0.4, -0.2) is 15.6 Å². The smallest absolute Gasteiger partial charge is 0.287 e. The van der Waals surface area contributed by atoms with Crippen LogP contribution < -0.4 is 0 Å². The van der Waals surface area contributed by atoms with Crippen molar-refractivity contribution >= 4 is 21.7 Å². The van der Waals surface area contributed by atoms with Gasteiger partial charge in [-0.2, -0.15) is 18.3 Å². The van der Waals surface area contributed by atoms with Gasteiger partial charge in [-0.05, 0) is 34.1 Å². The van der Waals surface area contributed by atoms with Crippen molar-refractivity contribution in [3.8, 4) is 0 Å². The Balaban J connectivity index is 2.55. The van der Waals surface area contributed by atoms with Gasteiger partial charge in [-0.1, -0.05) is 0 Å². The van der Waals surface area contributed by atoms with E-state index in [4.69, 9.17) is 0 Å². The molecule has 0 aliphatic heterocycles. The highest BCUT2D eigenvalue weighted by Gasteiger charge is 2.32. The van der Waals surface area contributed by atoms with Crippen LogP contribution in [0.25, 0.3) is 0 Å². The van der Waals surface area contributed by atoms with E-state index in [2.05, 4.69) is 21.0 Å². The maximum atomic E-state index is 13.6. The minimum atomic E-state index is -4.65. The van der Waals surface area contributed by atoms with Gasteiger partial charge in [0, 0.05) is 7.05 Å². The summed E-state index contributed by atoms with van der Waals surface area (Å²) in [5.74, 6) is -1.89. The molecule has 1 aromatic carbocycles. The first-order valence-electron chi connectivity index (χ1n) is 5.30. The lowest BCUT2D eigenvalue weighted by Gasteiger charge is -2.09. The molecule has 0 unspecified atom stereocenters. The van der Waals surface area contributed by atoms with Gasteiger partial charge in [0.25, 0.3) is 0 Å². The van der Waals surface area contributed by atoms with E-state index in [1.165, 1.54) is 13.2 Å². The summed E-state index contributed by atoms with van der Waals surface area (Å²) in [6.07, 6.45) is -3.34. The molecule has 0 atom stereocenters. The van der Waals surface area contributed by atoms with E-state index in [1.54, 1.807) is 0 Å². The summed E-state index contributed by atoms with van der Waals surface area (Å²) in [7, 11) is 1.43. The zero-order valence-corrected chi connectivity index (χ0v) is 11.6. The van der Waals surface area contributed by atoms with Crippen LogP contribution in [0, 0.1) is 5.82 Å². The quantitative estimate of drug-likeness (QED) is 0.613. The fraction of sp³-hybridized carbons (Fsp3) is 0.167. The van der Waals surface area contributed by atoms with Crippen molar-refractivity contribution < 1.29 is 22.4 Å². The fourth-order valence-electron chi connectivity index (χ4n) is 1.67. The van der Waals surface area contributed by atoms with Gasteiger partial charge in [0.1, 0.15) is 11.5 Å². The molecule has 1 heterocycles. The van der Waals surface area contributed by atoms with Crippen LogP contribution in [0.4, 0.5) is 17.6 Å². The van der Waals surface area contributed by atoms with Crippen molar-refractivity contribution in [3.05, 3.63) is 51.5 Å².